The van der Waals surface area contributed by atoms with Crippen molar-refractivity contribution in [3.8, 4) is 0 Å². The Hall–Kier alpha value is -3.87. The van der Waals surface area contributed by atoms with E-state index < -0.39 is 145 Å². The predicted octanol–water partition coefficient (Wildman–Crippen LogP) is 7.62. The van der Waals surface area contributed by atoms with Gasteiger partial charge in [0.2, 0.25) is 0 Å². The van der Waals surface area contributed by atoms with Crippen molar-refractivity contribution in [2.24, 2.45) is 52.0 Å². The highest BCUT2D eigenvalue weighted by Gasteiger charge is 2.53. The van der Waals surface area contributed by atoms with Gasteiger partial charge in [-0.25, -0.2) is 4.79 Å². The first-order chi connectivity index (χ1) is 38.9. The number of methoxy groups -OCH3 is 2. The van der Waals surface area contributed by atoms with E-state index in [1.807, 2.05) is 78.8 Å². The first-order valence-electron chi connectivity index (χ1n) is 30.0. The van der Waals surface area contributed by atoms with Crippen LogP contribution in [0.2, 0.25) is 0 Å². The van der Waals surface area contributed by atoms with Gasteiger partial charge in [0, 0.05) is 76.9 Å². The number of esters is 2. The molecule has 0 radical (unpaired) electrons. The summed E-state index contributed by atoms with van der Waals surface area (Å²) in [6, 6.07) is 9.25. The maximum atomic E-state index is 15.9. The maximum absolute atomic E-state index is 15.9. The second-order valence-corrected chi connectivity index (χ2v) is 26.0. The van der Waals surface area contributed by atoms with E-state index >= 15 is 9.59 Å². The standard InChI is InChI=1S/C62H103N3O18/c1-33(2)25-46(66)79-52-40(9)51(35(4)31-75-59-55(73-18)54(72-17)48(67)43(12)78-59)81-57(70)42(11)53(80-47-26-36(5)65(30-38(7)76-47)32-61(13,14)15)39(8)50(82-58-49(68)45(64-74-19)27-37(6)77-58)34(3)28-62(16,56(69)41(52)10)83-60(71)63-29-44-23-21-20-22-24-44/h20-24,33-43,47-55,58-59,67-68H,25-32H2,1-19H3,(H,63,71)/t34-,35?,36?,37+,38-,39+,40-,41+,42+,43+,47-,48+,49+,50-,51+,52+,53-,54+,55+,58-,59+,62-/m0/s1. The number of benzene rings is 1. The number of amides is 1. The molecule has 22 atom stereocenters. The van der Waals surface area contributed by atoms with E-state index in [4.69, 9.17) is 56.9 Å². The number of hydrogen-bond donors (Lipinski definition) is 3. The highest BCUT2D eigenvalue weighted by atomic mass is 16.7. The summed E-state index contributed by atoms with van der Waals surface area (Å²) in [7, 11) is 4.31. The largest absolute Gasteiger partial charge is 0.461 e. The quantitative estimate of drug-likeness (QED) is 0.0726. The van der Waals surface area contributed by atoms with Crippen LogP contribution in [-0.4, -0.2) is 183 Å². The molecule has 3 N–H and O–H groups in total. The predicted molar refractivity (Wildman–Crippen MR) is 308 cm³/mol. The molecule has 1 aromatic rings. The summed E-state index contributed by atoms with van der Waals surface area (Å²) in [6.07, 6.45) is -13.6. The van der Waals surface area contributed by atoms with Gasteiger partial charge in [0.1, 0.15) is 43.7 Å². The Morgan fingerprint density at radius 3 is 2.10 bits per heavy atom. The smallest absolute Gasteiger partial charge is 0.408 e. The van der Waals surface area contributed by atoms with E-state index in [1.165, 1.54) is 21.3 Å². The Morgan fingerprint density at radius 1 is 0.819 bits per heavy atom. The van der Waals surface area contributed by atoms with Gasteiger partial charge in [-0.1, -0.05) is 105 Å². The third-order valence-corrected chi connectivity index (χ3v) is 16.7. The van der Waals surface area contributed by atoms with Gasteiger partial charge in [-0.2, -0.15) is 0 Å². The number of ether oxygens (including phenoxy) is 11. The molecule has 474 valence electrons. The number of Topliss-reactive ketones (excluding diaryl/α,β-unsaturated/α-hetero) is 1. The molecule has 4 aliphatic rings. The number of cyclic esters (lactones) is 1. The minimum atomic E-state index is -1.96. The normalized spacial score (nSPS) is 38.4. The molecule has 0 aromatic heterocycles. The molecule has 21 nitrogen and oxygen atoms in total. The van der Waals surface area contributed by atoms with Crippen LogP contribution in [-0.2, 0) is 77.9 Å². The summed E-state index contributed by atoms with van der Waals surface area (Å²) in [5.41, 5.74) is -0.900. The van der Waals surface area contributed by atoms with Gasteiger partial charge in [0.05, 0.1) is 54.7 Å². The summed E-state index contributed by atoms with van der Waals surface area (Å²) in [5, 5.41) is 29.8. The molecule has 1 aromatic carbocycles. The Balaban J connectivity index is 1.71. The van der Waals surface area contributed by atoms with E-state index in [2.05, 4.69) is 43.1 Å². The Labute approximate surface area is 494 Å². The highest BCUT2D eigenvalue weighted by molar-refractivity contribution is 5.91. The van der Waals surface area contributed by atoms with Crippen LogP contribution in [0.25, 0.3) is 0 Å². The summed E-state index contributed by atoms with van der Waals surface area (Å²) in [5.74, 6) is -7.41. The van der Waals surface area contributed by atoms with Crippen molar-refractivity contribution in [3.05, 3.63) is 35.9 Å². The molecule has 21 heteroatoms. The van der Waals surface area contributed by atoms with Crippen molar-refractivity contribution in [2.45, 2.75) is 241 Å². The topological polar surface area (TPSA) is 247 Å². The highest BCUT2D eigenvalue weighted by Crippen LogP contribution is 2.41. The van der Waals surface area contributed by atoms with Crippen LogP contribution in [0.1, 0.15) is 142 Å². The van der Waals surface area contributed by atoms with Crippen molar-refractivity contribution < 1.29 is 86.3 Å². The average molecular weight is 1180 g/mol. The van der Waals surface area contributed by atoms with Crippen LogP contribution in [0.5, 0.6) is 0 Å². The molecule has 2 unspecified atom stereocenters. The van der Waals surface area contributed by atoms with Crippen LogP contribution >= 0.6 is 0 Å². The second kappa shape index (κ2) is 31.2. The number of hydrogen-bond acceptors (Lipinski definition) is 20. The first-order valence-corrected chi connectivity index (χ1v) is 30.0. The molecule has 1 amide bonds. The molecular weight excluding hydrogens is 1070 g/mol. The summed E-state index contributed by atoms with van der Waals surface area (Å²) in [4.78, 5) is 67.3. The van der Waals surface area contributed by atoms with Crippen LogP contribution in [0.4, 0.5) is 4.79 Å². The van der Waals surface area contributed by atoms with Crippen molar-refractivity contribution in [1.82, 2.24) is 10.2 Å². The fourth-order valence-electron chi connectivity index (χ4n) is 12.5. The lowest BCUT2D eigenvalue weighted by atomic mass is 9.74. The van der Waals surface area contributed by atoms with Crippen LogP contribution < -0.4 is 5.32 Å². The number of carbonyl (C=O) groups excluding carboxylic acids is 4. The number of aliphatic hydroxyl groups excluding tert-OH is 2. The zero-order chi connectivity index (χ0) is 61.8. The summed E-state index contributed by atoms with van der Waals surface area (Å²) >= 11 is 0. The van der Waals surface area contributed by atoms with E-state index in [-0.39, 0.29) is 55.9 Å². The van der Waals surface area contributed by atoms with Crippen molar-refractivity contribution >= 4 is 29.5 Å². The van der Waals surface area contributed by atoms with Gasteiger partial charge in [-0.15, -0.1) is 0 Å². The number of aliphatic hydroxyl groups is 2. The lowest BCUT2D eigenvalue weighted by molar-refractivity contribution is -0.305. The van der Waals surface area contributed by atoms with Gasteiger partial charge in [-0.3, -0.25) is 19.3 Å². The molecule has 83 heavy (non-hydrogen) atoms. The number of nitrogens with one attached hydrogen (secondary N) is 1. The molecular formula is C62H103N3O18. The minimum absolute atomic E-state index is 0.00596. The second-order valence-electron chi connectivity index (χ2n) is 26.0. The third-order valence-electron chi connectivity index (χ3n) is 16.7. The van der Waals surface area contributed by atoms with Gasteiger partial charge >= 0.3 is 18.0 Å². The van der Waals surface area contributed by atoms with Crippen molar-refractivity contribution in [2.75, 3.05) is 41.0 Å². The van der Waals surface area contributed by atoms with E-state index in [0.29, 0.717) is 18.7 Å². The average Bonchev–Trinajstić information content (AvgIpc) is 3.21. The summed E-state index contributed by atoms with van der Waals surface area (Å²) < 4.78 is 71.0. The Bertz CT molecular complexity index is 2230. The van der Waals surface area contributed by atoms with Crippen LogP contribution in [0, 0.1) is 46.8 Å². The van der Waals surface area contributed by atoms with Gasteiger partial charge in [-0.05, 0) is 70.8 Å². The first kappa shape index (κ1) is 69.9. The maximum Gasteiger partial charge on any atom is 0.408 e. The third kappa shape index (κ3) is 19.1. The van der Waals surface area contributed by atoms with Gasteiger partial charge < -0.3 is 72.5 Å². The van der Waals surface area contributed by atoms with E-state index in [1.54, 1.807) is 34.6 Å². The number of alkyl carbamates (subject to hydrolysis) is 1. The Kier molecular flexibility index (Phi) is 26.2. The molecule has 0 bridgehead atoms. The van der Waals surface area contributed by atoms with E-state index in [9.17, 15) is 19.8 Å². The van der Waals surface area contributed by atoms with Gasteiger partial charge in [0.25, 0.3) is 0 Å². The Morgan fingerprint density at radius 2 is 1.48 bits per heavy atom. The molecule has 0 saturated carbocycles. The zero-order valence-electron chi connectivity index (χ0n) is 53.1. The lowest BCUT2D eigenvalue weighted by Gasteiger charge is -2.45. The van der Waals surface area contributed by atoms with Gasteiger partial charge in [0.15, 0.2) is 30.3 Å². The lowest BCUT2D eigenvalue weighted by Crippen LogP contribution is -2.59. The fourth-order valence-corrected chi connectivity index (χ4v) is 12.5. The SMILES string of the molecule is CON=C1C[C@@H](C)O[C@@H](O[C@@H]2[C@@H](C)[C@H](O[C@H]3CC(C)N(CC(C)(C)C)C[C@H](C)O3)[C@@H](C)C(=O)O[C@H](C(C)CO[C@@H]3O[C@H](C)[C@@H](O)[C@@H](OC)[C@H]3OC)[C@H](C)[C@@H](OC(=O)CC(C)C)[C@@H](C)C(=O)[C@@](C)(OC(=O)NCc3ccccc3)C[C@@H]2C)[C@@H]1O. The molecule has 0 spiro atoms. The molecule has 5 rings (SSSR count). The number of ketones is 1. The minimum Gasteiger partial charge on any atom is -0.461 e. The van der Waals surface area contributed by atoms with Crippen molar-refractivity contribution in [1.29, 1.82) is 0 Å². The molecule has 0 aliphatic carbocycles. The number of rotatable bonds is 18. The summed E-state index contributed by atoms with van der Waals surface area (Å²) in [6.45, 7) is 31.5. The number of carbonyl (C=O) groups is 4. The molecule has 4 saturated heterocycles. The molecule has 4 fully saturated rings. The van der Waals surface area contributed by atoms with Crippen molar-refractivity contribution in [3.63, 3.8) is 0 Å². The van der Waals surface area contributed by atoms with E-state index in [0.717, 1.165) is 12.1 Å². The zero-order valence-corrected chi connectivity index (χ0v) is 53.1. The number of nitrogens with zero attached hydrogens (tertiary/aromatic N) is 2. The van der Waals surface area contributed by atoms with Crippen LogP contribution in [0.15, 0.2) is 35.5 Å². The fraction of sp³-hybridized carbons (Fsp3) is 0.823. The molecule has 4 aliphatic heterocycles. The monoisotopic (exact) mass is 1180 g/mol. The van der Waals surface area contributed by atoms with Crippen LogP contribution in [0.3, 0.4) is 0 Å². The number of oxime groups is 1. The molecule has 4 heterocycles.